The van der Waals surface area contributed by atoms with Gasteiger partial charge in [-0.3, -0.25) is 14.5 Å². The Bertz CT molecular complexity index is 1530. The second-order valence-electron chi connectivity index (χ2n) is 9.28. The van der Waals surface area contributed by atoms with Crippen molar-refractivity contribution in [1.82, 2.24) is 29.2 Å². The molecule has 0 bridgehead atoms. The Labute approximate surface area is 229 Å². The summed E-state index contributed by atoms with van der Waals surface area (Å²) in [5, 5.41) is 20.6. The molecular weight excluding hydrogens is 546 g/mol. The highest BCUT2D eigenvalue weighted by atomic mass is 32.2. The molecule has 6 rings (SSSR count). The van der Waals surface area contributed by atoms with Gasteiger partial charge < -0.3 is 21.0 Å². The van der Waals surface area contributed by atoms with Gasteiger partial charge in [0, 0.05) is 28.9 Å². The van der Waals surface area contributed by atoms with Gasteiger partial charge in [0.15, 0.2) is 11.3 Å². The fourth-order valence-corrected chi connectivity index (χ4v) is 6.70. The zero-order chi connectivity index (χ0) is 27.1. The van der Waals surface area contributed by atoms with Gasteiger partial charge in [0.2, 0.25) is 11.5 Å². The Morgan fingerprint density at radius 1 is 1.33 bits per heavy atom. The van der Waals surface area contributed by atoms with E-state index in [1.807, 2.05) is 10.6 Å². The number of fused-ring (bicyclic) bond motifs is 2. The highest BCUT2D eigenvalue weighted by Crippen LogP contribution is 2.40. The van der Waals surface area contributed by atoms with Crippen LogP contribution in [0.3, 0.4) is 0 Å². The molecule has 5 heterocycles. The molecule has 2 amide bonds. The first kappa shape index (κ1) is 25.2. The number of rotatable bonds is 8. The molecule has 3 aromatic rings. The van der Waals surface area contributed by atoms with Gasteiger partial charge >= 0.3 is 11.6 Å². The monoisotopic (exact) mass is 570 g/mol. The van der Waals surface area contributed by atoms with Crippen LogP contribution in [0.2, 0.25) is 0 Å². The van der Waals surface area contributed by atoms with Crippen LogP contribution in [0.4, 0.5) is 5.13 Å². The van der Waals surface area contributed by atoms with Crippen molar-refractivity contribution in [2.45, 2.75) is 49.7 Å². The molecule has 1 saturated heterocycles. The number of hydrogen-bond donors (Lipinski definition) is 3. The van der Waals surface area contributed by atoms with Crippen LogP contribution >= 0.6 is 23.3 Å². The Balaban J connectivity index is 1.21. The first-order chi connectivity index (χ1) is 18.9. The van der Waals surface area contributed by atoms with Crippen molar-refractivity contribution in [2.75, 3.05) is 11.5 Å². The SMILES string of the molecule is Nc1nc(/C(=N/OC2CCCC2)C(=O)N[C@@H]2C(=O)N3C(C(=O)O)=C(C[n+]4ccn5ncccc54)CS[C@H]23)ns1. The summed E-state index contributed by atoms with van der Waals surface area (Å²) in [7, 11) is 0. The number of carboxylic acid groups (broad SMARTS) is 1. The predicted molar refractivity (Wildman–Crippen MR) is 139 cm³/mol. The van der Waals surface area contributed by atoms with Crippen LogP contribution in [0.25, 0.3) is 5.65 Å². The molecule has 0 spiro atoms. The molecule has 0 unspecified atom stereocenters. The number of oxime groups is 1. The number of carbonyl (C=O) groups is 3. The normalized spacial score (nSPS) is 21.7. The van der Waals surface area contributed by atoms with E-state index in [4.69, 9.17) is 10.6 Å². The summed E-state index contributed by atoms with van der Waals surface area (Å²) in [5.74, 6) is -2.05. The van der Waals surface area contributed by atoms with Crippen LogP contribution in [-0.2, 0) is 25.8 Å². The van der Waals surface area contributed by atoms with Crippen LogP contribution in [0.5, 0.6) is 0 Å². The molecule has 202 valence electrons. The summed E-state index contributed by atoms with van der Waals surface area (Å²) in [5.41, 5.74) is 6.82. The van der Waals surface area contributed by atoms with E-state index >= 15 is 0 Å². The number of anilines is 1. The molecule has 3 aromatic heterocycles. The summed E-state index contributed by atoms with van der Waals surface area (Å²) in [6, 6.07) is 2.72. The lowest BCUT2D eigenvalue weighted by molar-refractivity contribution is -0.662. The fraction of sp³-hybridized carbons (Fsp3) is 0.391. The molecule has 4 N–H and O–H groups in total. The van der Waals surface area contributed by atoms with Crippen molar-refractivity contribution in [1.29, 1.82) is 0 Å². The maximum atomic E-state index is 13.2. The summed E-state index contributed by atoms with van der Waals surface area (Å²) in [4.78, 5) is 49.6. The van der Waals surface area contributed by atoms with E-state index in [-0.39, 0.29) is 35.0 Å². The van der Waals surface area contributed by atoms with Crippen LogP contribution < -0.4 is 15.6 Å². The third kappa shape index (κ3) is 4.69. The van der Waals surface area contributed by atoms with Crippen LogP contribution in [0.15, 0.2) is 47.1 Å². The molecule has 16 heteroatoms. The van der Waals surface area contributed by atoms with Gasteiger partial charge in [-0.2, -0.15) is 9.36 Å². The second kappa shape index (κ2) is 10.3. The standard InChI is InChI=1S/C23H23N9O5S2/c24-23-27-18(29-39-23)15(28-37-13-4-1-2-5-13)19(33)26-16-20(34)32-17(22(35)36)12(11-38-21(16)32)10-30-8-9-31-14(30)6-3-7-25-31/h3,6-9,13,16,21H,1-2,4-5,10-11H2,(H3-,24,26,27,29,33,35,36)/p+1/b28-15-/t16-,21-/m1/s1. The van der Waals surface area contributed by atoms with Crippen molar-refractivity contribution in [3.63, 3.8) is 0 Å². The van der Waals surface area contributed by atoms with E-state index in [1.165, 1.54) is 16.7 Å². The number of imidazole rings is 1. The summed E-state index contributed by atoms with van der Waals surface area (Å²) < 4.78 is 7.63. The molecule has 2 aliphatic heterocycles. The quantitative estimate of drug-likeness (QED) is 0.146. The number of carboxylic acids is 1. The molecule has 1 saturated carbocycles. The van der Waals surface area contributed by atoms with Gasteiger partial charge in [-0.15, -0.1) is 16.3 Å². The van der Waals surface area contributed by atoms with E-state index in [1.54, 1.807) is 29.2 Å². The molecule has 39 heavy (non-hydrogen) atoms. The van der Waals surface area contributed by atoms with Gasteiger partial charge in [-0.25, -0.2) is 9.36 Å². The molecule has 14 nitrogen and oxygen atoms in total. The number of thioether (sulfide) groups is 1. The summed E-state index contributed by atoms with van der Waals surface area (Å²) >= 11 is 2.30. The van der Waals surface area contributed by atoms with Gasteiger partial charge in [0.25, 0.3) is 11.8 Å². The predicted octanol–water partition coefficient (Wildman–Crippen LogP) is 0.158. The minimum Gasteiger partial charge on any atom is -0.477 e. The topological polar surface area (TPSA) is 181 Å². The average molecular weight is 571 g/mol. The zero-order valence-corrected chi connectivity index (χ0v) is 22.1. The fourth-order valence-electron chi connectivity index (χ4n) is 4.93. The molecule has 0 aromatic carbocycles. The van der Waals surface area contributed by atoms with Gasteiger partial charge in [-0.05, 0) is 31.7 Å². The molecular formula is C23H24N9O5S2+. The van der Waals surface area contributed by atoms with Crippen molar-refractivity contribution in [3.8, 4) is 0 Å². The van der Waals surface area contributed by atoms with Gasteiger partial charge in [0.1, 0.15) is 36.0 Å². The van der Waals surface area contributed by atoms with Crippen molar-refractivity contribution in [3.05, 3.63) is 47.8 Å². The van der Waals surface area contributed by atoms with Crippen LogP contribution in [0, 0.1) is 0 Å². The van der Waals surface area contributed by atoms with E-state index in [2.05, 4.69) is 24.9 Å². The highest BCUT2D eigenvalue weighted by Gasteiger charge is 2.54. The molecule has 2 fully saturated rings. The average Bonchev–Trinajstić information content (AvgIpc) is 3.69. The number of nitrogens with one attached hydrogen (secondary N) is 1. The maximum Gasteiger partial charge on any atom is 0.352 e. The molecule has 2 atom stereocenters. The maximum absolute atomic E-state index is 13.2. The number of aliphatic carboxylic acids is 1. The molecule has 3 aliphatic rings. The number of carbonyl (C=O) groups excluding carboxylic acids is 2. The first-order valence-electron chi connectivity index (χ1n) is 12.3. The van der Waals surface area contributed by atoms with Gasteiger partial charge in [-0.1, -0.05) is 10.3 Å². The largest absolute Gasteiger partial charge is 0.477 e. The minimum atomic E-state index is -1.20. The summed E-state index contributed by atoms with van der Waals surface area (Å²) in [6.45, 7) is 0.274. The lowest BCUT2D eigenvalue weighted by Crippen LogP contribution is -2.71. The number of hydrogen-bond acceptors (Lipinski definition) is 11. The minimum absolute atomic E-state index is 0.00707. The number of amides is 2. The highest BCUT2D eigenvalue weighted by molar-refractivity contribution is 8.00. The first-order valence-corrected chi connectivity index (χ1v) is 14.1. The third-order valence-electron chi connectivity index (χ3n) is 6.80. The zero-order valence-electron chi connectivity index (χ0n) is 20.5. The molecule has 1 aliphatic carbocycles. The van der Waals surface area contributed by atoms with Gasteiger partial charge in [0.05, 0.1) is 6.20 Å². The summed E-state index contributed by atoms with van der Waals surface area (Å²) in [6.07, 6.45) is 8.84. The number of β-lactam (4-membered cyclic amide) rings is 1. The third-order valence-corrected chi connectivity index (χ3v) is 8.68. The Hall–Kier alpha value is -4.05. The lowest BCUT2D eigenvalue weighted by Gasteiger charge is -2.49. The second-order valence-corrected chi connectivity index (χ2v) is 11.2. The van der Waals surface area contributed by atoms with E-state index in [0.29, 0.717) is 11.3 Å². The van der Waals surface area contributed by atoms with Crippen LogP contribution in [0.1, 0.15) is 31.5 Å². The lowest BCUT2D eigenvalue weighted by atomic mass is 10.0. The smallest absolute Gasteiger partial charge is 0.352 e. The molecule has 0 radical (unpaired) electrons. The number of nitrogens with zero attached hydrogens (tertiary/aromatic N) is 7. The van der Waals surface area contributed by atoms with E-state index < -0.39 is 29.2 Å². The number of nitrogen functional groups attached to an aromatic ring is 1. The van der Waals surface area contributed by atoms with Crippen LogP contribution in [-0.4, -0.2) is 75.7 Å². The van der Waals surface area contributed by atoms with Crippen molar-refractivity contribution in [2.24, 2.45) is 5.16 Å². The van der Waals surface area contributed by atoms with Crippen molar-refractivity contribution >= 4 is 57.6 Å². The Kier molecular flexibility index (Phi) is 6.64. The van der Waals surface area contributed by atoms with Crippen molar-refractivity contribution < 1.29 is 28.9 Å². The Morgan fingerprint density at radius 3 is 2.90 bits per heavy atom. The Morgan fingerprint density at radius 2 is 2.15 bits per heavy atom. The number of aromatic nitrogens is 5. The van der Waals surface area contributed by atoms with E-state index in [0.717, 1.165) is 42.9 Å². The number of nitrogens with two attached hydrogens (primary N) is 1. The van der Waals surface area contributed by atoms with E-state index in [9.17, 15) is 19.5 Å².